The van der Waals surface area contributed by atoms with Crippen molar-refractivity contribution in [3.63, 3.8) is 0 Å². The van der Waals surface area contributed by atoms with Crippen molar-refractivity contribution in [1.82, 2.24) is 9.88 Å². The Kier molecular flexibility index (Phi) is 4.24. The molecular weight excluding hydrogens is 328 g/mol. The van der Waals surface area contributed by atoms with Crippen molar-refractivity contribution in [2.45, 2.75) is 57.3 Å². The van der Waals surface area contributed by atoms with E-state index < -0.39 is 0 Å². The van der Waals surface area contributed by atoms with Gasteiger partial charge in [0, 0.05) is 19.0 Å². The predicted octanol–water partition coefficient (Wildman–Crippen LogP) is 3.00. The third-order valence-corrected chi connectivity index (χ3v) is 6.29. The lowest BCUT2D eigenvalue weighted by Crippen LogP contribution is -2.52. The van der Waals surface area contributed by atoms with Gasteiger partial charge in [0.25, 0.3) is 5.91 Å². The van der Waals surface area contributed by atoms with E-state index in [-0.39, 0.29) is 23.7 Å². The second-order valence-corrected chi connectivity index (χ2v) is 7.73. The lowest BCUT2D eigenvalue weighted by molar-refractivity contribution is -0.0824. The van der Waals surface area contributed by atoms with Crippen molar-refractivity contribution in [2.75, 3.05) is 13.7 Å². The first-order chi connectivity index (χ1) is 12.4. The first-order valence-electron chi connectivity index (χ1n) is 9.36. The lowest BCUT2D eigenvalue weighted by atomic mass is 9.79. The van der Waals surface area contributed by atoms with E-state index in [2.05, 4.69) is 0 Å². The van der Waals surface area contributed by atoms with Crippen LogP contribution in [0.15, 0.2) is 24.3 Å². The van der Waals surface area contributed by atoms with Gasteiger partial charge in [0.15, 0.2) is 0 Å². The smallest absolute Gasteiger partial charge is 0.256 e. The van der Waals surface area contributed by atoms with Crippen molar-refractivity contribution in [3.05, 3.63) is 41.1 Å². The van der Waals surface area contributed by atoms with E-state index >= 15 is 0 Å². The van der Waals surface area contributed by atoms with Gasteiger partial charge in [-0.3, -0.25) is 9.78 Å². The van der Waals surface area contributed by atoms with E-state index in [1.165, 1.54) is 0 Å². The number of fused-ring (bicyclic) bond motifs is 2. The predicted molar refractivity (Wildman–Crippen MR) is 100 cm³/mol. The molecule has 1 N–H and O–H groups in total. The molecule has 1 aromatic heterocycles. The molecule has 2 heterocycles. The lowest BCUT2D eigenvalue weighted by Gasteiger charge is -2.42. The molecule has 1 amide bonds. The number of likely N-dealkylation sites (tertiary alicyclic amines) is 1. The van der Waals surface area contributed by atoms with E-state index in [4.69, 9.17) is 9.72 Å². The molecule has 5 nitrogen and oxygen atoms in total. The van der Waals surface area contributed by atoms with E-state index in [0.717, 1.165) is 41.4 Å². The molecule has 1 aromatic carbocycles. The molecule has 0 spiro atoms. The molecule has 138 valence electrons. The summed E-state index contributed by atoms with van der Waals surface area (Å²) < 4.78 is 5.86. The number of hydrogen-bond acceptors (Lipinski definition) is 4. The van der Waals surface area contributed by atoms with Gasteiger partial charge < -0.3 is 14.7 Å². The van der Waals surface area contributed by atoms with Gasteiger partial charge in [-0.15, -0.1) is 0 Å². The number of aromatic nitrogens is 1. The molecule has 2 fully saturated rings. The Labute approximate surface area is 154 Å². The number of benzene rings is 1. The Hall–Kier alpha value is -1.98. The molecule has 26 heavy (non-hydrogen) atoms. The molecule has 0 radical (unpaired) electrons. The van der Waals surface area contributed by atoms with Crippen molar-refractivity contribution in [1.29, 1.82) is 0 Å². The molecule has 5 heteroatoms. The number of amides is 1. The first-order valence-corrected chi connectivity index (χ1v) is 9.36. The van der Waals surface area contributed by atoms with Gasteiger partial charge >= 0.3 is 0 Å². The average molecular weight is 354 g/mol. The molecule has 0 unspecified atom stereocenters. The van der Waals surface area contributed by atoms with Crippen LogP contribution in [0.25, 0.3) is 10.9 Å². The molecule has 3 atom stereocenters. The summed E-state index contributed by atoms with van der Waals surface area (Å²) in [6, 6.07) is 7.91. The highest BCUT2D eigenvalue weighted by molar-refractivity contribution is 5.99. The van der Waals surface area contributed by atoms with Crippen molar-refractivity contribution < 1.29 is 14.6 Å². The van der Waals surface area contributed by atoms with Gasteiger partial charge in [-0.25, -0.2) is 0 Å². The van der Waals surface area contributed by atoms with Crippen LogP contribution in [0.5, 0.6) is 0 Å². The van der Waals surface area contributed by atoms with Crippen molar-refractivity contribution >= 4 is 16.8 Å². The number of rotatable bonds is 2. The van der Waals surface area contributed by atoms with Crippen molar-refractivity contribution in [3.8, 4) is 0 Å². The van der Waals surface area contributed by atoms with E-state index in [1.807, 2.05) is 43.0 Å². The second kappa shape index (κ2) is 6.32. The third-order valence-electron chi connectivity index (χ3n) is 6.29. The Morgan fingerprint density at radius 2 is 2.15 bits per heavy atom. The number of ether oxygens (including phenoxy) is 1. The Balaban J connectivity index is 1.72. The van der Waals surface area contributed by atoms with Gasteiger partial charge in [-0.05, 0) is 51.2 Å². The quantitative estimate of drug-likeness (QED) is 0.901. The summed E-state index contributed by atoms with van der Waals surface area (Å²) in [5, 5.41) is 11.1. The van der Waals surface area contributed by atoms with Crippen LogP contribution in [0.2, 0.25) is 0 Å². The third kappa shape index (κ3) is 2.61. The summed E-state index contributed by atoms with van der Waals surface area (Å²) in [5.41, 5.74) is 3.14. The first kappa shape index (κ1) is 17.4. The monoisotopic (exact) mass is 354 g/mol. The fourth-order valence-electron chi connectivity index (χ4n) is 4.73. The summed E-state index contributed by atoms with van der Waals surface area (Å²) >= 11 is 0. The molecule has 1 aliphatic carbocycles. The highest BCUT2D eigenvalue weighted by Crippen LogP contribution is 2.43. The zero-order valence-electron chi connectivity index (χ0n) is 15.7. The minimum absolute atomic E-state index is 0.00330. The molecule has 2 aliphatic rings. The van der Waals surface area contributed by atoms with Gasteiger partial charge in [0.1, 0.15) is 0 Å². The van der Waals surface area contributed by atoms with Crippen LogP contribution in [0.1, 0.15) is 47.3 Å². The summed E-state index contributed by atoms with van der Waals surface area (Å²) in [4.78, 5) is 20.0. The molecule has 4 rings (SSSR count). The number of carbonyl (C=O) groups excluding carboxylic acids is 1. The molecule has 1 saturated heterocycles. The highest BCUT2D eigenvalue weighted by atomic mass is 16.5. The summed E-state index contributed by atoms with van der Waals surface area (Å²) in [6.07, 6.45) is 2.58. The average Bonchev–Trinajstić information content (AvgIpc) is 3.01. The SMILES string of the molecule is CO[C@@]12CC[C@@H](O)C[C@@H]1N(C(=O)c1cc3cccc(C)c3nc1C)CC2. The largest absolute Gasteiger partial charge is 0.393 e. The van der Waals surface area contributed by atoms with E-state index in [0.29, 0.717) is 18.5 Å². The fourth-order valence-corrected chi connectivity index (χ4v) is 4.73. The minimum Gasteiger partial charge on any atom is -0.393 e. The molecule has 1 saturated carbocycles. The number of aryl methyl sites for hydroxylation is 2. The van der Waals surface area contributed by atoms with Crippen LogP contribution in [0.3, 0.4) is 0 Å². The van der Waals surface area contributed by atoms with E-state index in [9.17, 15) is 9.90 Å². The van der Waals surface area contributed by atoms with Crippen LogP contribution in [0.4, 0.5) is 0 Å². The number of para-hydroxylation sites is 1. The topological polar surface area (TPSA) is 62.7 Å². The van der Waals surface area contributed by atoms with Gasteiger partial charge in [-0.2, -0.15) is 0 Å². The standard InChI is InChI=1S/C21H26N2O3/c1-13-5-4-6-15-11-17(14(2)22-19(13)15)20(25)23-10-9-21(26-3)8-7-16(24)12-18(21)23/h4-6,11,16,18,24H,7-10,12H2,1-3H3/t16-,18+,21-/m1/s1. The maximum absolute atomic E-state index is 13.4. The van der Waals surface area contributed by atoms with E-state index in [1.54, 1.807) is 7.11 Å². The van der Waals surface area contributed by atoms with Crippen LogP contribution in [0, 0.1) is 13.8 Å². The Morgan fingerprint density at radius 1 is 1.35 bits per heavy atom. The van der Waals surface area contributed by atoms with Crippen LogP contribution in [-0.2, 0) is 4.74 Å². The maximum Gasteiger partial charge on any atom is 0.256 e. The van der Waals surface area contributed by atoms with Gasteiger partial charge in [0.05, 0.1) is 34.5 Å². The Morgan fingerprint density at radius 3 is 2.92 bits per heavy atom. The number of carbonyl (C=O) groups is 1. The van der Waals surface area contributed by atoms with Crippen LogP contribution in [-0.4, -0.2) is 52.3 Å². The number of methoxy groups -OCH3 is 1. The summed E-state index contributed by atoms with van der Waals surface area (Å²) in [7, 11) is 1.73. The molecule has 1 aliphatic heterocycles. The minimum atomic E-state index is -0.366. The molecule has 2 aromatic rings. The second-order valence-electron chi connectivity index (χ2n) is 7.73. The number of nitrogens with zero attached hydrogens (tertiary/aromatic N) is 2. The number of pyridine rings is 1. The van der Waals surface area contributed by atoms with Crippen LogP contribution < -0.4 is 0 Å². The summed E-state index contributed by atoms with van der Waals surface area (Å²) in [5.74, 6) is -0.00330. The number of hydrogen-bond donors (Lipinski definition) is 1. The number of aliphatic hydroxyl groups excluding tert-OH is 1. The fraction of sp³-hybridized carbons (Fsp3) is 0.524. The summed E-state index contributed by atoms with van der Waals surface area (Å²) in [6.45, 7) is 4.59. The van der Waals surface area contributed by atoms with Gasteiger partial charge in [-0.1, -0.05) is 18.2 Å². The molecule has 0 bridgehead atoms. The van der Waals surface area contributed by atoms with Crippen LogP contribution >= 0.6 is 0 Å². The highest BCUT2D eigenvalue weighted by Gasteiger charge is 2.52. The van der Waals surface area contributed by atoms with Gasteiger partial charge in [0.2, 0.25) is 0 Å². The van der Waals surface area contributed by atoms with Crippen molar-refractivity contribution in [2.24, 2.45) is 0 Å². The zero-order chi connectivity index (χ0) is 18.5. The normalized spacial score (nSPS) is 28.4. The number of aliphatic hydroxyl groups is 1. The molecular formula is C21H26N2O3. The Bertz CT molecular complexity index is 866. The maximum atomic E-state index is 13.4. The zero-order valence-corrected chi connectivity index (χ0v) is 15.7.